The van der Waals surface area contributed by atoms with E-state index in [1.165, 1.54) is 0 Å². The second-order valence-electron chi connectivity index (χ2n) is 7.63. The minimum atomic E-state index is -1.26. The van der Waals surface area contributed by atoms with Gasteiger partial charge in [0.15, 0.2) is 0 Å². The van der Waals surface area contributed by atoms with Crippen molar-refractivity contribution in [3.63, 3.8) is 0 Å². The number of carboxylic acids is 1. The average Bonchev–Trinajstić information content (AvgIpc) is 2.53. The number of hydrogen-bond acceptors (Lipinski definition) is 3. The van der Waals surface area contributed by atoms with Gasteiger partial charge in [-0.3, -0.25) is 0 Å². The van der Waals surface area contributed by atoms with E-state index in [0.717, 1.165) is 24.8 Å². The Kier molecular flexibility index (Phi) is 5.52. The molecule has 1 aromatic carbocycles. The van der Waals surface area contributed by atoms with Gasteiger partial charge in [0.1, 0.15) is 12.1 Å². The number of hydrogen-bond donors (Lipinski definition) is 2. The number of aliphatic carboxylic acids is 1. The van der Waals surface area contributed by atoms with Gasteiger partial charge < -0.3 is 15.2 Å². The van der Waals surface area contributed by atoms with Gasteiger partial charge in [0.25, 0.3) is 0 Å². The van der Waals surface area contributed by atoms with Crippen LogP contribution in [-0.4, -0.2) is 22.7 Å². The van der Waals surface area contributed by atoms with Gasteiger partial charge in [-0.2, -0.15) is 0 Å². The molecule has 24 heavy (non-hydrogen) atoms. The molecule has 2 atom stereocenters. The van der Waals surface area contributed by atoms with E-state index in [2.05, 4.69) is 5.32 Å². The summed E-state index contributed by atoms with van der Waals surface area (Å²) in [7, 11) is 0. The highest BCUT2D eigenvalue weighted by molar-refractivity contribution is 5.85. The second-order valence-corrected chi connectivity index (χ2v) is 7.63. The van der Waals surface area contributed by atoms with Crippen LogP contribution in [0, 0.1) is 11.3 Å². The van der Waals surface area contributed by atoms with Crippen LogP contribution >= 0.6 is 0 Å². The zero-order valence-electron chi connectivity index (χ0n) is 14.7. The molecule has 5 heteroatoms. The van der Waals surface area contributed by atoms with Crippen molar-refractivity contribution in [1.82, 2.24) is 5.32 Å². The van der Waals surface area contributed by atoms with Gasteiger partial charge >= 0.3 is 12.1 Å². The summed E-state index contributed by atoms with van der Waals surface area (Å²) in [5.41, 5.74) is -0.608. The number of benzene rings is 1. The fourth-order valence-electron chi connectivity index (χ4n) is 3.75. The van der Waals surface area contributed by atoms with E-state index in [4.69, 9.17) is 4.74 Å². The maximum Gasteiger partial charge on any atom is 0.408 e. The SMILES string of the molecule is CC(C)(C)C1CCCCC1(NC(=O)OCc1ccccc1)C(=O)O. The highest BCUT2D eigenvalue weighted by Crippen LogP contribution is 2.44. The molecule has 1 saturated carbocycles. The lowest BCUT2D eigenvalue weighted by atomic mass is 9.62. The first-order chi connectivity index (χ1) is 11.3. The summed E-state index contributed by atoms with van der Waals surface area (Å²) in [6, 6.07) is 9.34. The maximum atomic E-state index is 12.3. The number of carbonyl (C=O) groups is 2. The van der Waals surface area contributed by atoms with Crippen molar-refractivity contribution in [3.05, 3.63) is 35.9 Å². The summed E-state index contributed by atoms with van der Waals surface area (Å²) in [5, 5.41) is 12.6. The smallest absolute Gasteiger partial charge is 0.408 e. The van der Waals surface area contributed by atoms with Crippen LogP contribution < -0.4 is 5.32 Å². The first-order valence-corrected chi connectivity index (χ1v) is 8.48. The van der Waals surface area contributed by atoms with Crippen molar-refractivity contribution >= 4 is 12.1 Å². The van der Waals surface area contributed by atoms with Gasteiger partial charge in [0.2, 0.25) is 0 Å². The van der Waals surface area contributed by atoms with E-state index in [1.807, 2.05) is 51.1 Å². The monoisotopic (exact) mass is 333 g/mol. The van der Waals surface area contributed by atoms with Gasteiger partial charge in [0, 0.05) is 0 Å². The van der Waals surface area contributed by atoms with Crippen molar-refractivity contribution in [2.24, 2.45) is 11.3 Å². The van der Waals surface area contributed by atoms with E-state index in [-0.39, 0.29) is 17.9 Å². The minimum absolute atomic E-state index is 0.128. The van der Waals surface area contributed by atoms with Gasteiger partial charge in [-0.15, -0.1) is 0 Å². The van der Waals surface area contributed by atoms with Crippen molar-refractivity contribution in [2.45, 2.75) is 58.6 Å². The quantitative estimate of drug-likeness (QED) is 0.874. The fraction of sp³-hybridized carbons (Fsp3) is 0.579. The third kappa shape index (κ3) is 4.08. The molecular formula is C19H27NO4. The molecule has 132 valence electrons. The third-order valence-electron chi connectivity index (χ3n) is 4.87. The predicted octanol–water partition coefficient (Wildman–Crippen LogP) is 3.97. The zero-order valence-corrected chi connectivity index (χ0v) is 14.7. The summed E-state index contributed by atoms with van der Waals surface area (Å²) >= 11 is 0. The first-order valence-electron chi connectivity index (χ1n) is 8.48. The van der Waals surface area contributed by atoms with E-state index >= 15 is 0 Å². The number of alkyl carbamates (subject to hydrolysis) is 1. The van der Waals surface area contributed by atoms with E-state index in [1.54, 1.807) is 0 Å². The summed E-state index contributed by atoms with van der Waals surface area (Å²) in [6.45, 7) is 6.20. The number of nitrogens with one attached hydrogen (secondary N) is 1. The van der Waals surface area contributed by atoms with Gasteiger partial charge in [-0.1, -0.05) is 63.9 Å². The molecule has 2 rings (SSSR count). The van der Waals surface area contributed by atoms with Crippen LogP contribution in [0.5, 0.6) is 0 Å². The van der Waals surface area contributed by atoms with Crippen LogP contribution in [0.4, 0.5) is 4.79 Å². The van der Waals surface area contributed by atoms with Crippen molar-refractivity contribution < 1.29 is 19.4 Å². The Bertz CT molecular complexity index is 579. The van der Waals surface area contributed by atoms with E-state index in [9.17, 15) is 14.7 Å². The highest BCUT2D eigenvalue weighted by Gasteiger charge is 2.52. The summed E-state index contributed by atoms with van der Waals surface area (Å²) in [4.78, 5) is 24.3. The van der Waals surface area contributed by atoms with Crippen molar-refractivity contribution in [2.75, 3.05) is 0 Å². The molecule has 0 aliphatic heterocycles. The van der Waals surface area contributed by atoms with E-state index in [0.29, 0.717) is 6.42 Å². The molecule has 5 nitrogen and oxygen atoms in total. The molecular weight excluding hydrogens is 306 g/mol. The lowest BCUT2D eigenvalue weighted by Crippen LogP contribution is -2.63. The molecule has 1 aliphatic rings. The van der Waals surface area contributed by atoms with Crippen molar-refractivity contribution in [3.8, 4) is 0 Å². The molecule has 0 saturated heterocycles. The van der Waals surface area contributed by atoms with Crippen LogP contribution in [0.1, 0.15) is 52.0 Å². The van der Waals surface area contributed by atoms with Gasteiger partial charge in [0.05, 0.1) is 0 Å². The Morgan fingerprint density at radius 3 is 2.50 bits per heavy atom. The van der Waals surface area contributed by atoms with Crippen LogP contribution in [0.15, 0.2) is 30.3 Å². The standard InChI is InChI=1S/C19H27NO4/c1-18(2,3)15-11-7-8-12-19(15,16(21)22)20-17(23)24-13-14-9-5-4-6-10-14/h4-6,9-10,15H,7-8,11-13H2,1-3H3,(H,20,23)(H,21,22). The zero-order chi connectivity index (χ0) is 17.8. The molecule has 0 heterocycles. The molecule has 1 fully saturated rings. The lowest BCUT2D eigenvalue weighted by molar-refractivity contribution is -0.152. The summed E-state index contributed by atoms with van der Waals surface area (Å²) in [6.07, 6.45) is 2.33. The number of carbonyl (C=O) groups excluding carboxylic acids is 1. The Morgan fingerprint density at radius 1 is 1.25 bits per heavy atom. The van der Waals surface area contributed by atoms with Gasteiger partial charge in [-0.25, -0.2) is 9.59 Å². The number of ether oxygens (including phenoxy) is 1. The molecule has 0 aromatic heterocycles. The Labute approximate surface area is 143 Å². The molecule has 2 unspecified atom stereocenters. The topological polar surface area (TPSA) is 75.6 Å². The minimum Gasteiger partial charge on any atom is -0.479 e. The highest BCUT2D eigenvalue weighted by atomic mass is 16.5. The van der Waals surface area contributed by atoms with Crippen LogP contribution in [0.25, 0.3) is 0 Å². The van der Waals surface area contributed by atoms with Crippen LogP contribution in [-0.2, 0) is 16.1 Å². The Hall–Kier alpha value is -2.04. The average molecular weight is 333 g/mol. The lowest BCUT2D eigenvalue weighted by Gasteiger charge is -2.47. The number of rotatable bonds is 4. The molecule has 0 spiro atoms. The van der Waals surface area contributed by atoms with E-state index < -0.39 is 17.6 Å². The summed E-state index contributed by atoms with van der Waals surface area (Å²) in [5.74, 6) is -1.11. The molecule has 1 aliphatic carbocycles. The maximum absolute atomic E-state index is 12.3. The number of carboxylic acid groups (broad SMARTS) is 1. The number of amides is 1. The molecule has 1 amide bonds. The molecule has 0 bridgehead atoms. The Balaban J connectivity index is 2.11. The predicted molar refractivity (Wildman–Crippen MR) is 91.5 cm³/mol. The van der Waals surface area contributed by atoms with Crippen molar-refractivity contribution in [1.29, 1.82) is 0 Å². The third-order valence-corrected chi connectivity index (χ3v) is 4.87. The van der Waals surface area contributed by atoms with Crippen LogP contribution in [0.2, 0.25) is 0 Å². The van der Waals surface area contributed by atoms with Gasteiger partial charge in [-0.05, 0) is 29.7 Å². The van der Waals surface area contributed by atoms with Crippen LogP contribution in [0.3, 0.4) is 0 Å². The molecule has 0 radical (unpaired) electrons. The second kappa shape index (κ2) is 7.24. The largest absolute Gasteiger partial charge is 0.479 e. The first kappa shape index (κ1) is 18.3. The molecule has 2 N–H and O–H groups in total. The Morgan fingerprint density at radius 2 is 1.92 bits per heavy atom. The molecule has 1 aromatic rings. The summed E-state index contributed by atoms with van der Waals surface area (Å²) < 4.78 is 5.25. The normalized spacial score (nSPS) is 24.2. The fourth-order valence-corrected chi connectivity index (χ4v) is 3.75.